The Morgan fingerprint density at radius 1 is 0.462 bits per heavy atom. The Bertz CT molecular complexity index is 995. The van der Waals surface area contributed by atoms with Crippen LogP contribution in [0.25, 0.3) is 22.3 Å². The maximum Gasteiger partial charge on any atom is -0.00135 e. The fourth-order valence-corrected chi connectivity index (χ4v) is 3.47. The largest absolute Gasteiger partial charge is 0.0622 e. The molecule has 0 fully saturated rings. The second-order valence-electron chi connectivity index (χ2n) is 6.72. The summed E-state index contributed by atoms with van der Waals surface area (Å²) >= 11 is 0. The minimum absolute atomic E-state index is 0.926. The standard InChI is InChI=1S/C26H22/c1-20-15-17-22(18-16-20)26-14-8-6-12-24(26)19-23-11-5-7-13-25(23)21-9-3-2-4-10-21/h2-18H,19H2,1H3. The van der Waals surface area contributed by atoms with Gasteiger partial charge in [-0.05, 0) is 46.7 Å². The van der Waals surface area contributed by atoms with Crippen molar-refractivity contribution in [2.75, 3.05) is 0 Å². The average Bonchev–Trinajstić information content (AvgIpc) is 2.70. The topological polar surface area (TPSA) is 0 Å². The van der Waals surface area contributed by atoms with Crippen LogP contribution in [0.4, 0.5) is 0 Å². The van der Waals surface area contributed by atoms with E-state index >= 15 is 0 Å². The highest BCUT2D eigenvalue weighted by atomic mass is 14.1. The molecule has 0 amide bonds. The molecule has 4 aromatic carbocycles. The summed E-state index contributed by atoms with van der Waals surface area (Å²) in [5.41, 5.74) is 9.19. The van der Waals surface area contributed by atoms with Gasteiger partial charge in [0.1, 0.15) is 0 Å². The van der Waals surface area contributed by atoms with Crippen LogP contribution in [0.15, 0.2) is 103 Å². The summed E-state index contributed by atoms with van der Waals surface area (Å²) < 4.78 is 0. The monoisotopic (exact) mass is 334 g/mol. The molecule has 0 saturated heterocycles. The first-order valence-corrected chi connectivity index (χ1v) is 9.09. The fraction of sp³-hybridized carbons (Fsp3) is 0.0769. The van der Waals surface area contributed by atoms with Gasteiger partial charge in [0.25, 0.3) is 0 Å². The second-order valence-corrected chi connectivity index (χ2v) is 6.72. The molecule has 0 N–H and O–H groups in total. The SMILES string of the molecule is Cc1ccc(-c2ccccc2Cc2ccccc2-c2ccccc2)cc1. The molecule has 0 spiro atoms. The molecule has 0 aliphatic heterocycles. The zero-order valence-corrected chi connectivity index (χ0v) is 15.0. The zero-order chi connectivity index (χ0) is 17.8. The van der Waals surface area contributed by atoms with Crippen molar-refractivity contribution in [3.8, 4) is 22.3 Å². The van der Waals surface area contributed by atoms with Gasteiger partial charge < -0.3 is 0 Å². The molecule has 0 atom stereocenters. The van der Waals surface area contributed by atoms with Crippen LogP contribution in [-0.4, -0.2) is 0 Å². The molecule has 0 nitrogen and oxygen atoms in total. The van der Waals surface area contributed by atoms with E-state index in [1.807, 2.05) is 0 Å². The predicted octanol–water partition coefficient (Wildman–Crippen LogP) is 6.92. The lowest BCUT2D eigenvalue weighted by molar-refractivity contribution is 1.20. The molecule has 0 aliphatic rings. The quantitative estimate of drug-likeness (QED) is 0.380. The summed E-state index contributed by atoms with van der Waals surface area (Å²) in [4.78, 5) is 0. The molecule has 4 rings (SSSR count). The van der Waals surface area contributed by atoms with Gasteiger partial charge in [-0.3, -0.25) is 0 Å². The molecule has 0 bridgehead atoms. The van der Waals surface area contributed by atoms with Crippen LogP contribution in [0.1, 0.15) is 16.7 Å². The lowest BCUT2D eigenvalue weighted by Crippen LogP contribution is -1.95. The van der Waals surface area contributed by atoms with Crippen molar-refractivity contribution in [3.63, 3.8) is 0 Å². The molecule has 0 radical (unpaired) electrons. The van der Waals surface area contributed by atoms with Crippen LogP contribution in [0.5, 0.6) is 0 Å². The van der Waals surface area contributed by atoms with E-state index in [0.29, 0.717) is 0 Å². The van der Waals surface area contributed by atoms with E-state index < -0.39 is 0 Å². The van der Waals surface area contributed by atoms with Crippen LogP contribution < -0.4 is 0 Å². The molecule has 0 aromatic heterocycles. The van der Waals surface area contributed by atoms with Crippen molar-refractivity contribution in [2.45, 2.75) is 13.3 Å². The van der Waals surface area contributed by atoms with Gasteiger partial charge in [0.05, 0.1) is 0 Å². The summed E-state index contributed by atoms with van der Waals surface area (Å²) in [6.45, 7) is 2.13. The van der Waals surface area contributed by atoms with E-state index in [0.717, 1.165) is 6.42 Å². The van der Waals surface area contributed by atoms with E-state index in [-0.39, 0.29) is 0 Å². The Kier molecular flexibility index (Phi) is 4.66. The number of benzene rings is 4. The third-order valence-corrected chi connectivity index (χ3v) is 4.86. The highest BCUT2D eigenvalue weighted by Gasteiger charge is 2.09. The van der Waals surface area contributed by atoms with Gasteiger partial charge in [-0.2, -0.15) is 0 Å². The molecule has 0 heterocycles. The molecule has 0 saturated carbocycles. The average molecular weight is 334 g/mol. The first kappa shape index (κ1) is 16.4. The van der Waals surface area contributed by atoms with Crippen molar-refractivity contribution in [1.82, 2.24) is 0 Å². The molecule has 4 aromatic rings. The highest BCUT2D eigenvalue weighted by molar-refractivity contribution is 5.71. The van der Waals surface area contributed by atoms with Gasteiger partial charge in [-0.25, -0.2) is 0 Å². The summed E-state index contributed by atoms with van der Waals surface area (Å²) in [7, 11) is 0. The lowest BCUT2D eigenvalue weighted by Gasteiger charge is -2.14. The van der Waals surface area contributed by atoms with E-state index in [1.165, 1.54) is 38.9 Å². The number of aryl methyl sites for hydroxylation is 1. The first-order chi connectivity index (χ1) is 12.8. The minimum atomic E-state index is 0.926. The molecule has 126 valence electrons. The normalized spacial score (nSPS) is 10.7. The van der Waals surface area contributed by atoms with E-state index in [9.17, 15) is 0 Å². The van der Waals surface area contributed by atoms with Gasteiger partial charge in [0, 0.05) is 0 Å². The molecule has 26 heavy (non-hydrogen) atoms. The Balaban J connectivity index is 1.75. The third kappa shape index (κ3) is 3.45. The molecule has 0 unspecified atom stereocenters. The van der Waals surface area contributed by atoms with Crippen LogP contribution in [0, 0.1) is 6.92 Å². The zero-order valence-electron chi connectivity index (χ0n) is 15.0. The van der Waals surface area contributed by atoms with E-state index in [4.69, 9.17) is 0 Å². The third-order valence-electron chi connectivity index (χ3n) is 4.86. The van der Waals surface area contributed by atoms with Crippen molar-refractivity contribution in [2.24, 2.45) is 0 Å². The maximum absolute atomic E-state index is 2.25. The van der Waals surface area contributed by atoms with Crippen molar-refractivity contribution >= 4 is 0 Å². The molecular weight excluding hydrogens is 312 g/mol. The second kappa shape index (κ2) is 7.41. The fourth-order valence-electron chi connectivity index (χ4n) is 3.47. The summed E-state index contributed by atoms with van der Waals surface area (Å²) in [6.07, 6.45) is 0.926. The van der Waals surface area contributed by atoms with Crippen LogP contribution in [-0.2, 0) is 6.42 Å². The Morgan fingerprint density at radius 2 is 0.923 bits per heavy atom. The molecule has 0 heteroatoms. The first-order valence-electron chi connectivity index (χ1n) is 9.09. The van der Waals surface area contributed by atoms with Gasteiger partial charge in [0.15, 0.2) is 0 Å². The Hall–Kier alpha value is -3.12. The van der Waals surface area contributed by atoms with Crippen LogP contribution >= 0.6 is 0 Å². The Labute approximate surface area is 155 Å². The van der Waals surface area contributed by atoms with Crippen molar-refractivity contribution in [1.29, 1.82) is 0 Å². The van der Waals surface area contributed by atoms with Gasteiger partial charge in [-0.15, -0.1) is 0 Å². The minimum Gasteiger partial charge on any atom is -0.0622 e. The lowest BCUT2D eigenvalue weighted by atomic mass is 9.91. The number of rotatable bonds is 4. The van der Waals surface area contributed by atoms with Crippen molar-refractivity contribution < 1.29 is 0 Å². The maximum atomic E-state index is 2.25. The van der Waals surface area contributed by atoms with Gasteiger partial charge in [-0.1, -0.05) is 109 Å². The van der Waals surface area contributed by atoms with E-state index in [1.54, 1.807) is 0 Å². The Morgan fingerprint density at radius 3 is 1.50 bits per heavy atom. The predicted molar refractivity (Wildman–Crippen MR) is 111 cm³/mol. The smallest absolute Gasteiger partial charge is 0.00135 e. The van der Waals surface area contributed by atoms with E-state index in [2.05, 4.69) is 110 Å². The van der Waals surface area contributed by atoms with Gasteiger partial charge >= 0.3 is 0 Å². The number of hydrogen-bond donors (Lipinski definition) is 0. The molecular formula is C26H22. The number of hydrogen-bond acceptors (Lipinski definition) is 0. The summed E-state index contributed by atoms with van der Waals surface area (Å²) in [5.74, 6) is 0. The van der Waals surface area contributed by atoms with Crippen molar-refractivity contribution in [3.05, 3.63) is 120 Å². The van der Waals surface area contributed by atoms with Gasteiger partial charge in [0.2, 0.25) is 0 Å². The summed E-state index contributed by atoms with van der Waals surface area (Å²) in [6, 6.07) is 36.9. The van der Waals surface area contributed by atoms with Crippen LogP contribution in [0.3, 0.4) is 0 Å². The van der Waals surface area contributed by atoms with Crippen LogP contribution in [0.2, 0.25) is 0 Å². The summed E-state index contributed by atoms with van der Waals surface area (Å²) in [5, 5.41) is 0. The molecule has 0 aliphatic carbocycles. The highest BCUT2D eigenvalue weighted by Crippen LogP contribution is 2.30.